The van der Waals surface area contributed by atoms with Crippen LogP contribution < -0.4 is 0 Å². The van der Waals surface area contributed by atoms with Gasteiger partial charge >= 0.3 is 59.6 Å². The molecular formula is C19H15F17O4. The SMILES string of the molecule is C=CC1CC1(C(=O)OCC)C(=O)OCCC(F)(F)C(F)(F)C(F)(F)C(F)(F)C(F)(F)C(F)(F)C(F)(F)C(F)(F)F. The van der Waals surface area contributed by atoms with Gasteiger partial charge in [-0.3, -0.25) is 9.59 Å². The molecule has 0 saturated heterocycles. The highest BCUT2D eigenvalue weighted by Crippen LogP contribution is 2.64. The highest BCUT2D eigenvalue weighted by atomic mass is 19.4. The predicted molar refractivity (Wildman–Crippen MR) is 93.6 cm³/mol. The van der Waals surface area contributed by atoms with Crippen LogP contribution in [0.3, 0.4) is 0 Å². The summed E-state index contributed by atoms with van der Waals surface area (Å²) in [5.74, 6) is -61.5. The molecule has 1 aliphatic carbocycles. The first-order valence-electron chi connectivity index (χ1n) is 10.2. The van der Waals surface area contributed by atoms with Crippen molar-refractivity contribution in [1.29, 1.82) is 0 Å². The summed E-state index contributed by atoms with van der Waals surface area (Å²) in [5.41, 5.74) is -2.26. The second kappa shape index (κ2) is 10.1. The fourth-order valence-corrected chi connectivity index (χ4v) is 3.14. The largest absolute Gasteiger partial charge is 0.465 e. The Bertz CT molecular complexity index is 988. The predicted octanol–water partition coefficient (Wildman–Crippen LogP) is 6.68. The van der Waals surface area contributed by atoms with Crippen LogP contribution in [0.1, 0.15) is 19.8 Å². The van der Waals surface area contributed by atoms with Crippen molar-refractivity contribution in [1.82, 2.24) is 0 Å². The Hall–Kier alpha value is -2.51. The number of alkyl halides is 17. The van der Waals surface area contributed by atoms with Gasteiger partial charge in [-0.2, -0.15) is 74.6 Å². The van der Waals surface area contributed by atoms with Crippen LogP contribution in [0.4, 0.5) is 74.6 Å². The first kappa shape index (κ1) is 35.5. The Morgan fingerprint density at radius 3 is 1.43 bits per heavy atom. The number of hydrogen-bond acceptors (Lipinski definition) is 4. The van der Waals surface area contributed by atoms with Crippen LogP contribution in [-0.2, 0) is 19.1 Å². The van der Waals surface area contributed by atoms with E-state index >= 15 is 0 Å². The number of allylic oxidation sites excluding steroid dienone is 1. The minimum Gasteiger partial charge on any atom is -0.465 e. The van der Waals surface area contributed by atoms with E-state index in [1.54, 1.807) is 0 Å². The van der Waals surface area contributed by atoms with E-state index in [1.807, 2.05) is 0 Å². The highest BCUT2D eigenvalue weighted by Gasteiger charge is 2.95. The molecule has 234 valence electrons. The Labute approximate surface area is 211 Å². The molecule has 0 N–H and O–H groups in total. The van der Waals surface area contributed by atoms with E-state index < -0.39 is 90.4 Å². The molecule has 1 saturated carbocycles. The van der Waals surface area contributed by atoms with Gasteiger partial charge in [0.2, 0.25) is 0 Å². The molecule has 1 aliphatic rings. The molecular weight excluding hydrogens is 615 g/mol. The van der Waals surface area contributed by atoms with Crippen LogP contribution in [0, 0.1) is 11.3 Å². The van der Waals surface area contributed by atoms with Crippen molar-refractivity contribution in [2.24, 2.45) is 11.3 Å². The van der Waals surface area contributed by atoms with Gasteiger partial charge in [0, 0.05) is 5.92 Å². The van der Waals surface area contributed by atoms with Crippen molar-refractivity contribution in [3.63, 3.8) is 0 Å². The smallest absolute Gasteiger partial charge is 0.460 e. The third-order valence-corrected chi connectivity index (χ3v) is 5.74. The van der Waals surface area contributed by atoms with Gasteiger partial charge in [-0.25, -0.2) is 0 Å². The molecule has 2 unspecified atom stereocenters. The van der Waals surface area contributed by atoms with Gasteiger partial charge in [-0.15, -0.1) is 6.58 Å². The molecule has 40 heavy (non-hydrogen) atoms. The Morgan fingerprint density at radius 1 is 0.700 bits per heavy atom. The number of rotatable bonds is 13. The molecule has 0 aromatic carbocycles. The summed E-state index contributed by atoms with van der Waals surface area (Å²) in [4.78, 5) is 24.0. The lowest BCUT2D eigenvalue weighted by Crippen LogP contribution is -2.74. The van der Waals surface area contributed by atoms with Crippen molar-refractivity contribution < 1.29 is 93.7 Å². The number of carbonyl (C=O) groups is 2. The van der Waals surface area contributed by atoms with E-state index in [2.05, 4.69) is 16.1 Å². The van der Waals surface area contributed by atoms with Crippen LogP contribution >= 0.6 is 0 Å². The maximum absolute atomic E-state index is 13.9. The van der Waals surface area contributed by atoms with Crippen molar-refractivity contribution >= 4 is 11.9 Å². The van der Waals surface area contributed by atoms with Crippen molar-refractivity contribution in [2.75, 3.05) is 13.2 Å². The first-order valence-corrected chi connectivity index (χ1v) is 10.2. The van der Waals surface area contributed by atoms with Gasteiger partial charge in [-0.1, -0.05) is 6.08 Å². The van der Waals surface area contributed by atoms with Gasteiger partial charge in [0.1, 0.15) is 0 Å². The number of halogens is 17. The molecule has 0 heterocycles. The molecule has 4 nitrogen and oxygen atoms in total. The van der Waals surface area contributed by atoms with Gasteiger partial charge in [0.25, 0.3) is 0 Å². The zero-order chi connectivity index (χ0) is 32.2. The highest BCUT2D eigenvalue weighted by molar-refractivity contribution is 6.04. The van der Waals surface area contributed by atoms with Crippen molar-refractivity contribution in [2.45, 2.75) is 67.4 Å². The van der Waals surface area contributed by atoms with Crippen molar-refractivity contribution in [3.8, 4) is 0 Å². The second-order valence-corrected chi connectivity index (χ2v) is 8.27. The van der Waals surface area contributed by atoms with Crippen molar-refractivity contribution in [3.05, 3.63) is 12.7 Å². The lowest BCUT2D eigenvalue weighted by Gasteiger charge is -2.42. The summed E-state index contributed by atoms with van der Waals surface area (Å²) < 4.78 is 234. The fraction of sp³-hybridized carbons (Fsp3) is 0.789. The van der Waals surface area contributed by atoms with Crippen LogP contribution in [-0.4, -0.2) is 72.8 Å². The van der Waals surface area contributed by atoms with Crippen LogP contribution in [0.15, 0.2) is 12.7 Å². The summed E-state index contributed by atoms with van der Waals surface area (Å²) in [6.45, 7) is 1.93. The molecule has 0 aliphatic heterocycles. The second-order valence-electron chi connectivity index (χ2n) is 8.27. The van der Waals surface area contributed by atoms with E-state index in [-0.39, 0.29) is 6.61 Å². The zero-order valence-corrected chi connectivity index (χ0v) is 19.2. The van der Waals surface area contributed by atoms with Gasteiger partial charge in [0.15, 0.2) is 5.41 Å². The number of ether oxygens (including phenoxy) is 2. The molecule has 0 aromatic heterocycles. The third-order valence-electron chi connectivity index (χ3n) is 5.74. The van der Waals surface area contributed by atoms with Gasteiger partial charge < -0.3 is 9.47 Å². The quantitative estimate of drug-likeness (QED) is 0.0987. The fourth-order valence-electron chi connectivity index (χ4n) is 3.14. The summed E-state index contributed by atoms with van der Waals surface area (Å²) in [6, 6.07) is 0. The Morgan fingerprint density at radius 2 is 1.07 bits per heavy atom. The third kappa shape index (κ3) is 4.83. The standard InChI is InChI=1S/C19H15F17O4/c1-3-8-7-11(8,9(37)39-4-2)10(38)40-6-5-12(20,21)13(22,23)14(24,25)15(26,27)16(28,29)17(30,31)18(32,33)19(34,35)36/h3,8H,1,4-7H2,2H3. The maximum Gasteiger partial charge on any atom is 0.460 e. The average Bonchev–Trinajstić information content (AvgIpc) is 3.53. The lowest BCUT2D eigenvalue weighted by atomic mass is 9.88. The number of esters is 2. The molecule has 1 rings (SSSR count). The van der Waals surface area contributed by atoms with E-state index in [0.717, 1.165) is 6.08 Å². The molecule has 0 spiro atoms. The molecule has 21 heteroatoms. The minimum absolute atomic E-state index is 0.357. The monoisotopic (exact) mass is 630 g/mol. The first-order chi connectivity index (χ1) is 17.5. The summed E-state index contributed by atoms with van der Waals surface area (Å²) in [5, 5.41) is 0. The average molecular weight is 630 g/mol. The summed E-state index contributed by atoms with van der Waals surface area (Å²) in [6.07, 6.45) is -10.3. The molecule has 0 bridgehead atoms. The summed E-state index contributed by atoms with van der Waals surface area (Å²) >= 11 is 0. The molecule has 0 aromatic rings. The topological polar surface area (TPSA) is 52.6 Å². The van der Waals surface area contributed by atoms with E-state index in [1.165, 1.54) is 6.92 Å². The zero-order valence-electron chi connectivity index (χ0n) is 19.2. The Balaban J connectivity index is 3.29. The Kier molecular flexibility index (Phi) is 8.96. The molecule has 0 radical (unpaired) electrons. The van der Waals surface area contributed by atoms with Crippen LogP contribution in [0.2, 0.25) is 0 Å². The van der Waals surface area contributed by atoms with E-state index in [0.29, 0.717) is 0 Å². The van der Waals surface area contributed by atoms with Gasteiger partial charge in [-0.05, 0) is 13.3 Å². The van der Waals surface area contributed by atoms with Crippen LogP contribution in [0.25, 0.3) is 0 Å². The minimum atomic E-state index is -8.73. The number of carbonyl (C=O) groups excluding carboxylic acids is 2. The number of hydrogen-bond donors (Lipinski definition) is 0. The lowest BCUT2D eigenvalue weighted by molar-refractivity contribution is -0.461. The van der Waals surface area contributed by atoms with Gasteiger partial charge in [0.05, 0.1) is 19.6 Å². The normalized spacial score (nSPS) is 21.6. The molecule has 0 amide bonds. The maximum atomic E-state index is 13.9. The van der Waals surface area contributed by atoms with Crippen LogP contribution in [0.5, 0.6) is 0 Å². The van der Waals surface area contributed by atoms with E-state index in [9.17, 15) is 84.2 Å². The summed E-state index contributed by atoms with van der Waals surface area (Å²) in [7, 11) is 0. The molecule has 1 fully saturated rings. The molecule has 2 atom stereocenters. The van der Waals surface area contributed by atoms with E-state index in [4.69, 9.17) is 0 Å².